The quantitative estimate of drug-likeness (QED) is 0.670. The first-order chi connectivity index (χ1) is 8.71. The topological polar surface area (TPSA) is 72.8 Å². The Kier molecular flexibility index (Phi) is 5.57. The molecule has 5 nitrogen and oxygen atoms in total. The number of halogens is 1. The summed E-state index contributed by atoms with van der Waals surface area (Å²) in [6.07, 6.45) is 0. The molecule has 1 aromatic carbocycles. The van der Waals surface area contributed by atoms with Gasteiger partial charge in [-0.05, 0) is 61.8 Å². The van der Waals surface area contributed by atoms with Gasteiger partial charge in [-0.1, -0.05) is 0 Å². The molecule has 0 aliphatic carbocycles. The molecule has 0 aromatic heterocycles. The number of hydrogen-bond acceptors (Lipinski definition) is 4. The van der Waals surface area contributed by atoms with Crippen molar-refractivity contribution in [2.75, 3.05) is 27.2 Å². The van der Waals surface area contributed by atoms with E-state index in [-0.39, 0.29) is 18.2 Å². The van der Waals surface area contributed by atoms with Crippen LogP contribution in [-0.4, -0.2) is 53.8 Å². The standard InChI is InChI=1S/C13H19IN2O3/c1-13(19,8-16(2)3)7-15-12(18)9-4-5-10(14)11(17)6-9/h4-6,17,19H,7-8H2,1-3H3,(H,15,18). The molecule has 0 heterocycles. The SMILES string of the molecule is CN(C)CC(C)(O)CNC(=O)c1ccc(I)c(O)c1. The number of carbonyl (C=O) groups excluding carboxylic acids is 1. The van der Waals surface area contributed by atoms with E-state index in [9.17, 15) is 15.0 Å². The van der Waals surface area contributed by atoms with Crippen LogP contribution in [0.3, 0.4) is 0 Å². The van der Waals surface area contributed by atoms with Crippen molar-refractivity contribution in [1.29, 1.82) is 0 Å². The van der Waals surface area contributed by atoms with Crippen LogP contribution >= 0.6 is 22.6 Å². The molecule has 6 heteroatoms. The Hall–Kier alpha value is -0.860. The lowest BCUT2D eigenvalue weighted by Gasteiger charge is -2.27. The van der Waals surface area contributed by atoms with Crippen LogP contribution in [0.5, 0.6) is 5.75 Å². The van der Waals surface area contributed by atoms with Gasteiger partial charge in [-0.2, -0.15) is 0 Å². The normalized spacial score (nSPS) is 14.2. The third kappa shape index (κ3) is 5.33. The second-order valence-corrected chi connectivity index (χ2v) is 6.25. The van der Waals surface area contributed by atoms with E-state index in [4.69, 9.17) is 0 Å². The van der Waals surface area contributed by atoms with E-state index in [0.29, 0.717) is 15.7 Å². The van der Waals surface area contributed by atoms with Crippen molar-refractivity contribution in [1.82, 2.24) is 10.2 Å². The van der Waals surface area contributed by atoms with Crippen molar-refractivity contribution in [3.63, 3.8) is 0 Å². The largest absolute Gasteiger partial charge is 0.507 e. The molecule has 0 spiro atoms. The molecule has 1 rings (SSSR count). The van der Waals surface area contributed by atoms with Gasteiger partial charge in [0.1, 0.15) is 5.75 Å². The van der Waals surface area contributed by atoms with Gasteiger partial charge >= 0.3 is 0 Å². The molecule has 0 bridgehead atoms. The number of likely N-dealkylation sites (N-methyl/N-ethyl adjacent to an activating group) is 1. The molecule has 1 aromatic rings. The van der Waals surface area contributed by atoms with Gasteiger partial charge in [-0.3, -0.25) is 4.79 Å². The highest BCUT2D eigenvalue weighted by Crippen LogP contribution is 2.20. The van der Waals surface area contributed by atoms with Gasteiger partial charge in [-0.15, -0.1) is 0 Å². The van der Waals surface area contributed by atoms with E-state index in [2.05, 4.69) is 5.32 Å². The average Bonchev–Trinajstić information content (AvgIpc) is 2.28. The third-order valence-electron chi connectivity index (χ3n) is 2.49. The number of aromatic hydroxyl groups is 1. The van der Waals surface area contributed by atoms with Crippen molar-refractivity contribution < 1.29 is 15.0 Å². The summed E-state index contributed by atoms with van der Waals surface area (Å²) in [5.74, 6) is -0.237. The first-order valence-corrected chi connectivity index (χ1v) is 6.93. The Morgan fingerprint density at radius 2 is 2.11 bits per heavy atom. The molecule has 0 aliphatic rings. The van der Waals surface area contributed by atoms with E-state index in [1.54, 1.807) is 19.1 Å². The van der Waals surface area contributed by atoms with Crippen LogP contribution < -0.4 is 5.32 Å². The van der Waals surface area contributed by atoms with Crippen molar-refractivity contribution in [2.45, 2.75) is 12.5 Å². The van der Waals surface area contributed by atoms with Crippen molar-refractivity contribution in [3.8, 4) is 5.75 Å². The predicted octanol–water partition coefficient (Wildman–Crippen LogP) is 1.04. The molecule has 106 valence electrons. The molecule has 1 amide bonds. The Labute approximate surface area is 126 Å². The summed E-state index contributed by atoms with van der Waals surface area (Å²) in [6, 6.07) is 4.72. The Bertz CT molecular complexity index is 461. The van der Waals surface area contributed by atoms with Crippen molar-refractivity contribution in [3.05, 3.63) is 27.3 Å². The lowest BCUT2D eigenvalue weighted by atomic mass is 10.1. The lowest BCUT2D eigenvalue weighted by Crippen LogP contribution is -2.47. The van der Waals surface area contributed by atoms with Gasteiger partial charge < -0.3 is 20.4 Å². The zero-order valence-corrected chi connectivity index (χ0v) is 13.4. The molecule has 1 unspecified atom stereocenters. The van der Waals surface area contributed by atoms with Crippen LogP contribution in [-0.2, 0) is 0 Å². The fraction of sp³-hybridized carbons (Fsp3) is 0.462. The van der Waals surface area contributed by atoms with E-state index >= 15 is 0 Å². The van der Waals surface area contributed by atoms with Gasteiger partial charge in [0.05, 0.1) is 9.17 Å². The highest BCUT2D eigenvalue weighted by molar-refractivity contribution is 14.1. The van der Waals surface area contributed by atoms with Gasteiger partial charge in [0.2, 0.25) is 0 Å². The molecule has 19 heavy (non-hydrogen) atoms. The fourth-order valence-corrected chi connectivity index (χ4v) is 2.10. The molecule has 0 saturated heterocycles. The zero-order valence-electron chi connectivity index (χ0n) is 11.3. The number of rotatable bonds is 5. The highest BCUT2D eigenvalue weighted by Gasteiger charge is 2.22. The van der Waals surface area contributed by atoms with Gasteiger partial charge in [0.15, 0.2) is 0 Å². The lowest BCUT2D eigenvalue weighted by molar-refractivity contribution is 0.0326. The van der Waals surface area contributed by atoms with Crippen LogP contribution in [0.15, 0.2) is 18.2 Å². The van der Waals surface area contributed by atoms with E-state index in [1.807, 2.05) is 41.6 Å². The van der Waals surface area contributed by atoms with Gasteiger partial charge in [0.25, 0.3) is 5.91 Å². The minimum Gasteiger partial charge on any atom is -0.507 e. The number of amides is 1. The number of phenols is 1. The molecule has 1 atom stereocenters. The average molecular weight is 378 g/mol. The second-order valence-electron chi connectivity index (χ2n) is 5.08. The molecule has 0 aliphatic heterocycles. The monoisotopic (exact) mass is 378 g/mol. The first-order valence-electron chi connectivity index (χ1n) is 5.85. The molecule has 0 saturated carbocycles. The van der Waals surface area contributed by atoms with Crippen LogP contribution in [0.1, 0.15) is 17.3 Å². The summed E-state index contributed by atoms with van der Waals surface area (Å²) < 4.78 is 0.689. The van der Waals surface area contributed by atoms with Crippen LogP contribution in [0.2, 0.25) is 0 Å². The summed E-state index contributed by atoms with van der Waals surface area (Å²) in [6.45, 7) is 2.26. The Morgan fingerprint density at radius 1 is 1.47 bits per heavy atom. The van der Waals surface area contributed by atoms with Gasteiger partial charge in [0, 0.05) is 18.7 Å². The van der Waals surface area contributed by atoms with Crippen LogP contribution in [0, 0.1) is 3.57 Å². The van der Waals surface area contributed by atoms with E-state index in [1.165, 1.54) is 6.07 Å². The molecule has 0 radical (unpaired) electrons. The number of aliphatic hydroxyl groups is 1. The Balaban J connectivity index is 2.62. The second kappa shape index (κ2) is 6.53. The minimum absolute atomic E-state index is 0.0771. The molecule has 3 N–H and O–H groups in total. The highest BCUT2D eigenvalue weighted by atomic mass is 127. The van der Waals surface area contributed by atoms with Crippen molar-refractivity contribution in [2.24, 2.45) is 0 Å². The van der Waals surface area contributed by atoms with E-state index in [0.717, 1.165) is 0 Å². The summed E-state index contributed by atoms with van der Waals surface area (Å²) in [5, 5.41) is 22.3. The summed E-state index contributed by atoms with van der Waals surface area (Å²) >= 11 is 1.98. The summed E-state index contributed by atoms with van der Waals surface area (Å²) in [7, 11) is 3.71. The summed E-state index contributed by atoms with van der Waals surface area (Å²) in [5.41, 5.74) is -0.622. The smallest absolute Gasteiger partial charge is 0.251 e. The number of phenolic OH excluding ortho intramolecular Hbond substituents is 1. The molecule has 0 fully saturated rings. The number of carbonyl (C=O) groups is 1. The van der Waals surface area contributed by atoms with Crippen LogP contribution in [0.25, 0.3) is 0 Å². The maximum Gasteiger partial charge on any atom is 0.251 e. The zero-order chi connectivity index (χ0) is 14.6. The Morgan fingerprint density at radius 3 is 2.63 bits per heavy atom. The maximum absolute atomic E-state index is 11.9. The van der Waals surface area contributed by atoms with Crippen LogP contribution in [0.4, 0.5) is 0 Å². The van der Waals surface area contributed by atoms with Gasteiger partial charge in [-0.25, -0.2) is 0 Å². The number of nitrogens with zero attached hydrogens (tertiary/aromatic N) is 1. The summed E-state index contributed by atoms with van der Waals surface area (Å²) in [4.78, 5) is 13.7. The predicted molar refractivity (Wildman–Crippen MR) is 82.3 cm³/mol. The van der Waals surface area contributed by atoms with Crippen molar-refractivity contribution >= 4 is 28.5 Å². The number of benzene rings is 1. The number of hydrogen-bond donors (Lipinski definition) is 3. The maximum atomic E-state index is 11.9. The molecular weight excluding hydrogens is 359 g/mol. The minimum atomic E-state index is -0.996. The molecular formula is C13H19IN2O3. The third-order valence-corrected chi connectivity index (χ3v) is 3.41. The van der Waals surface area contributed by atoms with E-state index < -0.39 is 5.60 Å². The number of nitrogens with one attached hydrogen (secondary N) is 1. The fourth-order valence-electron chi connectivity index (χ4n) is 1.76. The first kappa shape index (κ1) is 16.2.